The molecule has 0 bridgehead atoms. The highest BCUT2D eigenvalue weighted by atomic mass is 32.4. The van der Waals surface area contributed by atoms with Crippen LogP contribution in [-0.4, -0.2) is 24.6 Å². The Hall–Kier alpha value is -0.903. The summed E-state index contributed by atoms with van der Waals surface area (Å²) in [6.45, 7) is 19.5. The summed E-state index contributed by atoms with van der Waals surface area (Å²) >= 11 is 6.46. The van der Waals surface area contributed by atoms with E-state index in [1.807, 2.05) is 6.92 Å². The lowest BCUT2D eigenvalue weighted by atomic mass is 10.1. The first-order valence-electron chi connectivity index (χ1n) is 9.68. The van der Waals surface area contributed by atoms with Crippen LogP contribution in [0.2, 0.25) is 19.6 Å². The molecule has 1 unspecified atom stereocenters. The molecule has 0 N–H and O–H groups in total. The zero-order chi connectivity index (χ0) is 20.6. The summed E-state index contributed by atoms with van der Waals surface area (Å²) < 4.78 is 12.3. The molecule has 150 valence electrons. The molecule has 0 fully saturated rings. The molecule has 0 saturated heterocycles. The van der Waals surface area contributed by atoms with Crippen molar-refractivity contribution in [1.82, 2.24) is 4.98 Å². The molecule has 27 heavy (non-hydrogen) atoms. The van der Waals surface area contributed by atoms with Crippen LogP contribution in [0.5, 0.6) is 5.95 Å². The SMILES string of the molecule is Cc1ccc(C(c2nc(C)oc2O[Si](C)(C)C)P(=S)(C(C)C)C(C)C)cc1. The van der Waals surface area contributed by atoms with Crippen LogP contribution in [0.3, 0.4) is 0 Å². The Morgan fingerprint density at radius 3 is 1.96 bits per heavy atom. The molecule has 1 atom stereocenters. The van der Waals surface area contributed by atoms with Crippen molar-refractivity contribution >= 4 is 26.2 Å². The van der Waals surface area contributed by atoms with E-state index < -0.39 is 14.4 Å². The van der Waals surface area contributed by atoms with E-state index in [0.29, 0.717) is 23.2 Å². The molecule has 1 heterocycles. The van der Waals surface area contributed by atoms with Crippen molar-refractivity contribution in [2.45, 2.75) is 78.2 Å². The maximum atomic E-state index is 6.46. The van der Waals surface area contributed by atoms with Crippen molar-refractivity contribution in [1.29, 1.82) is 0 Å². The molecular formula is C21H34NO2PSSi. The van der Waals surface area contributed by atoms with Gasteiger partial charge in [-0.3, -0.25) is 0 Å². The first-order valence-corrected chi connectivity index (χ1v) is 16.1. The zero-order valence-electron chi connectivity index (χ0n) is 18.2. The van der Waals surface area contributed by atoms with Gasteiger partial charge >= 0.3 is 0 Å². The van der Waals surface area contributed by atoms with Crippen molar-refractivity contribution < 1.29 is 8.84 Å². The molecule has 3 nitrogen and oxygen atoms in total. The number of hydrogen-bond acceptors (Lipinski definition) is 4. The van der Waals surface area contributed by atoms with Crippen LogP contribution in [0.4, 0.5) is 0 Å². The van der Waals surface area contributed by atoms with E-state index in [9.17, 15) is 0 Å². The number of rotatable bonds is 7. The summed E-state index contributed by atoms with van der Waals surface area (Å²) in [5.74, 6) is 1.22. The van der Waals surface area contributed by atoms with Crippen LogP contribution < -0.4 is 4.43 Å². The van der Waals surface area contributed by atoms with Gasteiger partial charge in [0.05, 0.1) is 5.66 Å². The van der Waals surface area contributed by atoms with Crippen LogP contribution in [-0.2, 0) is 11.8 Å². The molecule has 1 aromatic heterocycles. The molecule has 0 aliphatic carbocycles. The van der Waals surface area contributed by atoms with Gasteiger partial charge in [0, 0.05) is 6.92 Å². The van der Waals surface area contributed by atoms with Crippen LogP contribution >= 0.6 is 6.04 Å². The number of nitrogens with zero attached hydrogens (tertiary/aromatic N) is 1. The van der Waals surface area contributed by atoms with Gasteiger partial charge in [-0.15, -0.1) is 0 Å². The van der Waals surface area contributed by atoms with Gasteiger partial charge in [0.25, 0.3) is 5.95 Å². The van der Waals surface area contributed by atoms with Gasteiger partial charge in [-0.05, 0) is 49.5 Å². The lowest BCUT2D eigenvalue weighted by Crippen LogP contribution is -2.30. The Bertz CT molecular complexity index is 810. The predicted molar refractivity (Wildman–Crippen MR) is 123 cm³/mol. The number of aromatic nitrogens is 1. The number of aryl methyl sites for hydroxylation is 2. The van der Waals surface area contributed by atoms with Gasteiger partial charge in [-0.25, -0.2) is 4.98 Å². The normalized spacial score (nSPS) is 14.0. The van der Waals surface area contributed by atoms with Crippen LogP contribution in [0.25, 0.3) is 0 Å². The second-order valence-corrected chi connectivity index (χ2v) is 19.3. The van der Waals surface area contributed by atoms with Crippen molar-refractivity contribution in [3.8, 4) is 5.95 Å². The van der Waals surface area contributed by atoms with Gasteiger partial charge in [-0.2, -0.15) is 0 Å². The predicted octanol–water partition coefficient (Wildman–Crippen LogP) is 6.89. The third kappa shape index (κ3) is 4.93. The van der Waals surface area contributed by atoms with Crippen molar-refractivity contribution in [2.75, 3.05) is 0 Å². The minimum atomic E-state index is -1.87. The molecule has 0 aliphatic rings. The molecule has 2 rings (SSSR count). The summed E-state index contributed by atoms with van der Waals surface area (Å²) in [6, 6.07) is 6.86. The summed E-state index contributed by atoms with van der Waals surface area (Å²) in [6.07, 6.45) is 0. The van der Waals surface area contributed by atoms with E-state index in [1.165, 1.54) is 11.1 Å². The average molecular weight is 424 g/mol. The fourth-order valence-corrected chi connectivity index (χ4v) is 8.41. The van der Waals surface area contributed by atoms with E-state index in [0.717, 1.165) is 5.69 Å². The first kappa shape index (κ1) is 22.4. The Morgan fingerprint density at radius 2 is 1.52 bits per heavy atom. The fraction of sp³-hybridized carbons (Fsp3) is 0.571. The minimum Gasteiger partial charge on any atom is -0.518 e. The fourth-order valence-electron chi connectivity index (χ4n) is 3.47. The molecule has 1 aromatic carbocycles. The lowest BCUT2D eigenvalue weighted by molar-refractivity contribution is 0.369. The first-order chi connectivity index (χ1) is 12.4. The molecular weight excluding hydrogens is 389 g/mol. The van der Waals surface area contributed by atoms with Crippen molar-refractivity contribution in [3.05, 3.63) is 47.0 Å². The molecule has 0 amide bonds. The van der Waals surface area contributed by atoms with Crippen LogP contribution in [0, 0.1) is 13.8 Å². The topological polar surface area (TPSA) is 35.3 Å². The summed E-state index contributed by atoms with van der Waals surface area (Å²) in [5.41, 5.74) is 4.20. The summed E-state index contributed by atoms with van der Waals surface area (Å²) in [7, 11) is -1.84. The van der Waals surface area contributed by atoms with Crippen LogP contribution in [0.1, 0.15) is 56.1 Å². The highest BCUT2D eigenvalue weighted by Gasteiger charge is 2.41. The van der Waals surface area contributed by atoms with E-state index in [1.54, 1.807) is 0 Å². The van der Waals surface area contributed by atoms with Gasteiger partial charge in [0.1, 0.15) is 5.69 Å². The molecule has 0 radical (unpaired) electrons. The largest absolute Gasteiger partial charge is 0.518 e. The maximum absolute atomic E-state index is 6.46. The molecule has 6 heteroatoms. The minimum absolute atomic E-state index is 0.0388. The summed E-state index contributed by atoms with van der Waals surface area (Å²) in [4.78, 5) is 4.82. The third-order valence-electron chi connectivity index (χ3n) is 4.80. The Morgan fingerprint density at radius 1 is 1.00 bits per heavy atom. The van der Waals surface area contributed by atoms with Gasteiger partial charge in [0.2, 0.25) is 8.32 Å². The van der Waals surface area contributed by atoms with Gasteiger partial charge in [-0.1, -0.05) is 69.3 Å². The lowest BCUT2D eigenvalue weighted by Gasteiger charge is -2.38. The van der Waals surface area contributed by atoms with E-state index in [4.69, 9.17) is 25.6 Å². The number of benzene rings is 1. The standard InChI is InChI=1S/C21H34NO2PSSi/c1-14(2)25(26,15(3)4)20(18-12-10-16(5)11-13-18)19-21(23-17(6)22-19)24-27(7,8)9/h10-15,20H,1-9H3. The van der Waals surface area contributed by atoms with E-state index in [-0.39, 0.29) is 5.66 Å². The number of hydrogen-bond donors (Lipinski definition) is 0. The highest BCUT2D eigenvalue weighted by molar-refractivity contribution is 8.15. The Balaban J connectivity index is 2.75. The van der Waals surface area contributed by atoms with Crippen LogP contribution in [0.15, 0.2) is 28.7 Å². The second kappa shape index (κ2) is 8.22. The Labute approximate surface area is 171 Å². The summed E-state index contributed by atoms with van der Waals surface area (Å²) in [5, 5.41) is 0. The maximum Gasteiger partial charge on any atom is 0.295 e. The molecule has 0 aliphatic heterocycles. The van der Waals surface area contributed by atoms with Crippen molar-refractivity contribution in [3.63, 3.8) is 0 Å². The molecule has 2 aromatic rings. The molecule has 0 spiro atoms. The zero-order valence-corrected chi connectivity index (χ0v) is 20.9. The van der Waals surface area contributed by atoms with Gasteiger partial charge < -0.3 is 8.84 Å². The highest BCUT2D eigenvalue weighted by Crippen LogP contribution is 2.69. The number of oxazole rings is 1. The van der Waals surface area contributed by atoms with E-state index in [2.05, 4.69) is 78.5 Å². The second-order valence-electron chi connectivity index (χ2n) is 8.88. The average Bonchev–Trinajstić information content (AvgIpc) is 2.86. The van der Waals surface area contributed by atoms with Gasteiger partial charge in [0.15, 0.2) is 5.89 Å². The molecule has 0 saturated carbocycles. The Kier molecular flexibility index (Phi) is 6.82. The quantitative estimate of drug-likeness (QED) is 0.359. The van der Waals surface area contributed by atoms with Crippen molar-refractivity contribution in [2.24, 2.45) is 0 Å². The van der Waals surface area contributed by atoms with E-state index >= 15 is 0 Å². The third-order valence-corrected chi connectivity index (χ3v) is 13.3. The monoisotopic (exact) mass is 423 g/mol. The smallest absolute Gasteiger partial charge is 0.295 e.